The number of anilines is 3. The van der Waals surface area contributed by atoms with Crippen LogP contribution in [0, 0.1) is 0 Å². The van der Waals surface area contributed by atoms with Crippen LogP contribution in [0.5, 0.6) is 11.5 Å². The van der Waals surface area contributed by atoms with Crippen molar-refractivity contribution in [3.8, 4) is 22.6 Å². The van der Waals surface area contributed by atoms with E-state index >= 15 is 0 Å². The number of rotatable bonds is 0. The van der Waals surface area contributed by atoms with Gasteiger partial charge >= 0.3 is 6.85 Å². The Bertz CT molecular complexity index is 2830. The second kappa shape index (κ2) is 7.58. The molecule has 0 radical (unpaired) electrons. The van der Waals surface area contributed by atoms with Gasteiger partial charge in [0.25, 0.3) is 0 Å². The highest BCUT2D eigenvalue weighted by Crippen LogP contribution is 2.55. The second-order valence-electron chi connectivity index (χ2n) is 12.4. The molecule has 3 aliphatic heterocycles. The number of aromatic nitrogens is 1. The van der Waals surface area contributed by atoms with Crippen molar-refractivity contribution in [1.82, 2.24) is 4.48 Å². The lowest BCUT2D eigenvalue weighted by Gasteiger charge is -2.43. The third kappa shape index (κ3) is 2.52. The molecule has 0 aliphatic carbocycles. The van der Waals surface area contributed by atoms with Crippen molar-refractivity contribution >= 4 is 89.4 Å². The van der Waals surface area contributed by atoms with Crippen LogP contribution in [0.15, 0.2) is 132 Å². The minimum absolute atomic E-state index is 0.0613. The van der Waals surface area contributed by atoms with Gasteiger partial charge in [-0.2, -0.15) is 0 Å². The maximum atomic E-state index is 6.67. The summed E-state index contributed by atoms with van der Waals surface area (Å²) in [7, 11) is 0. The predicted octanol–water partition coefficient (Wildman–Crippen LogP) is 9.37. The van der Waals surface area contributed by atoms with Crippen molar-refractivity contribution in [3.05, 3.63) is 127 Å². The van der Waals surface area contributed by atoms with Gasteiger partial charge in [0.05, 0.1) is 11.4 Å². The minimum atomic E-state index is -0.0613. The summed E-state index contributed by atoms with van der Waals surface area (Å²) in [5.74, 6) is 1.73. The number of benzene rings is 7. The molecule has 45 heavy (non-hydrogen) atoms. The van der Waals surface area contributed by atoms with Crippen molar-refractivity contribution < 1.29 is 9.15 Å². The van der Waals surface area contributed by atoms with Gasteiger partial charge in [0.2, 0.25) is 0 Å². The zero-order valence-electron chi connectivity index (χ0n) is 23.9. The number of furan rings is 1. The Morgan fingerprint density at radius 3 is 2.31 bits per heavy atom. The molecule has 9 aromatic rings. The van der Waals surface area contributed by atoms with Gasteiger partial charge in [-0.1, -0.05) is 97.1 Å². The Kier molecular flexibility index (Phi) is 3.80. The molecule has 12 rings (SSSR count). The Labute approximate surface area is 257 Å². The van der Waals surface area contributed by atoms with E-state index in [1.165, 1.54) is 60.0 Å². The molecule has 0 bridgehead atoms. The van der Waals surface area contributed by atoms with Crippen LogP contribution in [0.2, 0.25) is 0 Å². The molecule has 0 fully saturated rings. The normalized spacial score (nSPS) is 13.9. The predicted molar refractivity (Wildman–Crippen MR) is 185 cm³/mol. The number of hydrogen-bond acceptors (Lipinski definition) is 3. The van der Waals surface area contributed by atoms with Crippen molar-refractivity contribution in [2.24, 2.45) is 0 Å². The summed E-state index contributed by atoms with van der Waals surface area (Å²) in [6, 6.07) is 45.9. The lowest BCUT2D eigenvalue weighted by atomic mass is 9.44. The van der Waals surface area contributed by atoms with Crippen molar-refractivity contribution in [2.75, 3.05) is 4.90 Å². The molecule has 0 saturated carbocycles. The average Bonchev–Trinajstić information content (AvgIpc) is 3.64. The fourth-order valence-electron chi connectivity index (χ4n) is 8.68. The van der Waals surface area contributed by atoms with Crippen LogP contribution < -0.4 is 20.6 Å². The first kappa shape index (κ1) is 22.6. The highest BCUT2D eigenvalue weighted by atomic mass is 16.5. The van der Waals surface area contributed by atoms with Gasteiger partial charge in [-0.3, -0.25) is 0 Å². The van der Waals surface area contributed by atoms with E-state index in [4.69, 9.17) is 9.15 Å². The molecule has 5 heteroatoms. The van der Waals surface area contributed by atoms with E-state index in [-0.39, 0.29) is 6.85 Å². The van der Waals surface area contributed by atoms with Gasteiger partial charge in [-0.25, -0.2) is 0 Å². The molecule has 7 aromatic carbocycles. The fraction of sp³-hybridized carbons (Fsp3) is 0. The SMILES string of the molecule is c1ccc2c(c1)Oc1cccc3c1N2c1cc2oc4ccccc4c2c2c1B3n1c3c-2cccc3c2ccc3ccccc3c21. The van der Waals surface area contributed by atoms with E-state index in [0.29, 0.717) is 0 Å². The summed E-state index contributed by atoms with van der Waals surface area (Å²) in [6.07, 6.45) is 0. The monoisotopic (exact) mass is 572 g/mol. The number of ether oxygens (including phenoxy) is 1. The quantitative estimate of drug-likeness (QED) is 0.170. The van der Waals surface area contributed by atoms with Gasteiger partial charge in [-0.05, 0) is 46.1 Å². The van der Waals surface area contributed by atoms with E-state index < -0.39 is 0 Å². The molecule has 5 heterocycles. The van der Waals surface area contributed by atoms with Crippen molar-refractivity contribution in [3.63, 3.8) is 0 Å². The van der Waals surface area contributed by atoms with Gasteiger partial charge in [-0.15, -0.1) is 0 Å². The van der Waals surface area contributed by atoms with E-state index in [1.807, 2.05) is 6.07 Å². The van der Waals surface area contributed by atoms with E-state index in [2.05, 4.69) is 131 Å². The molecule has 0 unspecified atom stereocenters. The Balaban J connectivity index is 1.37. The molecule has 0 amide bonds. The first-order chi connectivity index (χ1) is 22.3. The molecule has 206 valence electrons. The zero-order chi connectivity index (χ0) is 29.0. The molecule has 0 saturated heterocycles. The van der Waals surface area contributed by atoms with Gasteiger partial charge in [0.1, 0.15) is 11.2 Å². The van der Waals surface area contributed by atoms with Gasteiger partial charge in [0, 0.05) is 55.3 Å². The van der Waals surface area contributed by atoms with Gasteiger partial charge in [0.15, 0.2) is 11.5 Å². The summed E-state index contributed by atoms with van der Waals surface area (Å²) in [4.78, 5) is 2.42. The topological polar surface area (TPSA) is 30.5 Å². The van der Waals surface area contributed by atoms with Crippen molar-refractivity contribution in [1.29, 1.82) is 0 Å². The summed E-state index contributed by atoms with van der Waals surface area (Å²) < 4.78 is 15.9. The van der Waals surface area contributed by atoms with Crippen LogP contribution in [-0.4, -0.2) is 11.3 Å². The first-order valence-corrected chi connectivity index (χ1v) is 15.5. The van der Waals surface area contributed by atoms with E-state index in [1.54, 1.807) is 0 Å². The molecule has 3 aliphatic rings. The largest absolute Gasteiger partial charge is 0.456 e. The van der Waals surface area contributed by atoms with Crippen LogP contribution in [-0.2, 0) is 0 Å². The number of nitrogens with zero attached hydrogens (tertiary/aromatic N) is 2. The molecular weight excluding hydrogens is 551 g/mol. The molecule has 0 atom stereocenters. The molecule has 0 N–H and O–H groups in total. The first-order valence-electron chi connectivity index (χ1n) is 15.5. The average molecular weight is 572 g/mol. The summed E-state index contributed by atoms with van der Waals surface area (Å²) >= 11 is 0. The molecule has 0 spiro atoms. The maximum absolute atomic E-state index is 6.67. The fourth-order valence-corrected chi connectivity index (χ4v) is 8.68. The third-order valence-electron chi connectivity index (χ3n) is 10.3. The maximum Gasteiger partial charge on any atom is 0.333 e. The molecule has 4 nitrogen and oxygen atoms in total. The summed E-state index contributed by atoms with van der Waals surface area (Å²) in [5, 5.41) is 7.41. The zero-order valence-corrected chi connectivity index (χ0v) is 23.9. The highest BCUT2D eigenvalue weighted by Gasteiger charge is 2.46. The second-order valence-corrected chi connectivity index (χ2v) is 12.4. The van der Waals surface area contributed by atoms with E-state index in [9.17, 15) is 0 Å². The Morgan fingerprint density at radius 1 is 0.556 bits per heavy atom. The van der Waals surface area contributed by atoms with Crippen LogP contribution in [0.25, 0.3) is 65.6 Å². The lowest BCUT2D eigenvalue weighted by Crippen LogP contribution is -2.57. The van der Waals surface area contributed by atoms with Crippen molar-refractivity contribution in [2.45, 2.75) is 0 Å². The minimum Gasteiger partial charge on any atom is -0.456 e. The van der Waals surface area contributed by atoms with Crippen LogP contribution >= 0.6 is 0 Å². The van der Waals surface area contributed by atoms with E-state index in [0.717, 1.165) is 45.1 Å². The van der Waals surface area contributed by atoms with Crippen LogP contribution in [0.3, 0.4) is 0 Å². The molecular formula is C40H21BN2O2. The van der Waals surface area contributed by atoms with Gasteiger partial charge < -0.3 is 18.5 Å². The number of fused-ring (bicyclic) bond motifs is 15. The standard InChI is InChI=1S/C40H21BN2O2/c1-2-10-23-22(9-1)19-20-25-24-12-7-13-27-36-35-26-11-3-5-16-31(26)44-34(35)21-30-37(36)41(43(38(23)25)39(24)27)28-14-8-18-33-40(28)42(30)29-15-4-6-17-32(29)45-33/h1-21H. The smallest absolute Gasteiger partial charge is 0.333 e. The van der Waals surface area contributed by atoms with Crippen LogP contribution in [0.4, 0.5) is 17.1 Å². The number of hydrogen-bond donors (Lipinski definition) is 0. The molecule has 2 aromatic heterocycles. The summed E-state index contributed by atoms with van der Waals surface area (Å²) in [5.41, 5.74) is 12.7. The summed E-state index contributed by atoms with van der Waals surface area (Å²) in [6.45, 7) is -0.0613. The van der Waals surface area contributed by atoms with Crippen LogP contribution in [0.1, 0.15) is 0 Å². The Morgan fingerprint density at radius 2 is 1.33 bits per heavy atom. The highest BCUT2D eigenvalue weighted by molar-refractivity contribution is 6.90. The lowest BCUT2D eigenvalue weighted by molar-refractivity contribution is 0.477. The number of para-hydroxylation sites is 5. The third-order valence-corrected chi connectivity index (χ3v) is 10.3. The Hall–Kier alpha value is -5.94.